The van der Waals surface area contributed by atoms with Gasteiger partial charge in [-0.05, 0) is 31.5 Å². The Kier molecular flexibility index (Phi) is 3.92. The molecule has 5 nitrogen and oxygen atoms in total. The van der Waals surface area contributed by atoms with Gasteiger partial charge in [0.15, 0.2) is 0 Å². The van der Waals surface area contributed by atoms with E-state index in [0.29, 0.717) is 5.92 Å². The minimum Gasteiger partial charge on any atom is -0.478 e. The molecule has 2 heterocycles. The van der Waals surface area contributed by atoms with E-state index in [1.807, 2.05) is 6.20 Å². The normalized spacial score (nSPS) is 18.4. The molecular weight excluding hydrogens is 266 g/mol. The number of aromatic carboxylic acids is 1. The number of nitrogens with one attached hydrogen (secondary N) is 1. The van der Waals surface area contributed by atoms with Gasteiger partial charge in [0.05, 0.1) is 23.1 Å². The van der Waals surface area contributed by atoms with Crippen molar-refractivity contribution in [1.29, 1.82) is 0 Å². The van der Waals surface area contributed by atoms with E-state index < -0.39 is 5.97 Å². The first-order chi connectivity index (χ1) is 10.2. The van der Waals surface area contributed by atoms with Gasteiger partial charge in [0.25, 0.3) is 0 Å². The maximum atomic E-state index is 10.9. The Morgan fingerprint density at radius 2 is 2.05 bits per heavy atom. The van der Waals surface area contributed by atoms with Crippen molar-refractivity contribution in [3.63, 3.8) is 0 Å². The van der Waals surface area contributed by atoms with Gasteiger partial charge in [0.2, 0.25) is 0 Å². The Balaban J connectivity index is 1.86. The average molecular weight is 283 g/mol. The van der Waals surface area contributed by atoms with Crippen molar-refractivity contribution in [2.75, 3.05) is 13.1 Å². The number of rotatable bonds is 3. The van der Waals surface area contributed by atoms with E-state index in [-0.39, 0.29) is 5.56 Å². The van der Waals surface area contributed by atoms with Gasteiger partial charge < -0.3 is 10.4 Å². The first kappa shape index (κ1) is 13.7. The number of carboxylic acids is 1. The lowest BCUT2D eigenvalue weighted by molar-refractivity contribution is 0.0697. The second-order valence-corrected chi connectivity index (χ2v) is 5.25. The summed E-state index contributed by atoms with van der Waals surface area (Å²) in [4.78, 5) is 19.9. The van der Waals surface area contributed by atoms with Crippen LogP contribution in [-0.2, 0) is 0 Å². The van der Waals surface area contributed by atoms with Crippen LogP contribution in [0.3, 0.4) is 0 Å². The van der Waals surface area contributed by atoms with Crippen LogP contribution >= 0.6 is 0 Å². The second-order valence-electron chi connectivity index (χ2n) is 5.25. The summed E-state index contributed by atoms with van der Waals surface area (Å²) in [6.45, 7) is 2.01. The van der Waals surface area contributed by atoms with Crippen LogP contribution < -0.4 is 5.32 Å². The third kappa shape index (κ3) is 3.08. The van der Waals surface area contributed by atoms with Crippen LogP contribution in [-0.4, -0.2) is 34.1 Å². The molecule has 0 aliphatic carbocycles. The van der Waals surface area contributed by atoms with Crippen LogP contribution in [0.1, 0.15) is 34.8 Å². The molecular formula is C16H17N3O2. The fourth-order valence-electron chi connectivity index (χ4n) is 2.60. The van der Waals surface area contributed by atoms with E-state index in [9.17, 15) is 4.79 Å². The lowest BCUT2D eigenvalue weighted by atomic mass is 9.96. The number of benzene rings is 1. The van der Waals surface area contributed by atoms with Crippen molar-refractivity contribution >= 4 is 5.97 Å². The molecule has 2 N–H and O–H groups in total. The number of nitrogens with zero attached hydrogens (tertiary/aromatic N) is 2. The zero-order valence-electron chi connectivity index (χ0n) is 11.6. The van der Waals surface area contributed by atoms with E-state index in [1.165, 1.54) is 0 Å². The predicted octanol–water partition coefficient (Wildman–Crippen LogP) is 2.31. The van der Waals surface area contributed by atoms with Gasteiger partial charge in [-0.1, -0.05) is 12.1 Å². The minimum absolute atomic E-state index is 0.277. The summed E-state index contributed by atoms with van der Waals surface area (Å²) in [5.74, 6) is -0.515. The van der Waals surface area contributed by atoms with Crippen LogP contribution in [0.15, 0.2) is 36.7 Å². The number of hydrogen-bond donors (Lipinski definition) is 2. The lowest BCUT2D eigenvalue weighted by Gasteiger charge is -2.22. The summed E-state index contributed by atoms with van der Waals surface area (Å²) in [7, 11) is 0. The molecule has 0 amide bonds. The summed E-state index contributed by atoms with van der Waals surface area (Å²) in [6.07, 6.45) is 5.83. The third-order valence-corrected chi connectivity index (χ3v) is 3.80. The van der Waals surface area contributed by atoms with Crippen molar-refractivity contribution < 1.29 is 9.90 Å². The van der Waals surface area contributed by atoms with E-state index in [4.69, 9.17) is 10.1 Å². The molecule has 1 aliphatic heterocycles. The average Bonchev–Trinajstić information content (AvgIpc) is 2.56. The van der Waals surface area contributed by atoms with Gasteiger partial charge in [-0.2, -0.15) is 0 Å². The Morgan fingerprint density at radius 1 is 1.24 bits per heavy atom. The maximum Gasteiger partial charge on any atom is 0.335 e. The molecule has 1 aliphatic rings. The Bertz CT molecular complexity index is 634. The number of carbonyl (C=O) groups is 1. The van der Waals surface area contributed by atoms with Gasteiger partial charge in [-0.25, -0.2) is 9.78 Å². The first-order valence-corrected chi connectivity index (χ1v) is 7.10. The molecule has 1 saturated heterocycles. The molecule has 5 heteroatoms. The molecule has 1 atom stereocenters. The van der Waals surface area contributed by atoms with Crippen LogP contribution in [0.5, 0.6) is 0 Å². The second kappa shape index (κ2) is 6.01. The molecule has 1 fully saturated rings. The van der Waals surface area contributed by atoms with Crippen molar-refractivity contribution in [2.24, 2.45) is 0 Å². The molecule has 0 unspecified atom stereocenters. The Hall–Kier alpha value is -2.27. The van der Waals surface area contributed by atoms with E-state index in [1.54, 1.807) is 30.5 Å². The fraction of sp³-hybridized carbons (Fsp3) is 0.312. The van der Waals surface area contributed by atoms with Crippen molar-refractivity contribution in [3.05, 3.63) is 47.9 Å². The summed E-state index contributed by atoms with van der Waals surface area (Å²) in [5, 5.41) is 12.3. The van der Waals surface area contributed by atoms with Crippen LogP contribution in [0.25, 0.3) is 11.3 Å². The molecule has 1 aromatic carbocycles. The highest BCUT2D eigenvalue weighted by atomic mass is 16.4. The number of piperidine rings is 1. The maximum absolute atomic E-state index is 10.9. The molecule has 1 aromatic heterocycles. The number of hydrogen-bond acceptors (Lipinski definition) is 4. The molecule has 3 rings (SSSR count). The number of carboxylic acid groups (broad SMARTS) is 1. The SMILES string of the molecule is O=C(O)c1ccc(-c2cncc([C@@H]3CCCNC3)n2)cc1. The van der Waals surface area contributed by atoms with Crippen LogP contribution in [0.4, 0.5) is 0 Å². The highest BCUT2D eigenvalue weighted by molar-refractivity contribution is 5.88. The Labute approximate surface area is 123 Å². The topological polar surface area (TPSA) is 75.1 Å². The monoisotopic (exact) mass is 283 g/mol. The van der Waals surface area contributed by atoms with Crippen molar-refractivity contribution in [2.45, 2.75) is 18.8 Å². The van der Waals surface area contributed by atoms with Gasteiger partial charge in [-0.3, -0.25) is 4.98 Å². The molecule has 21 heavy (non-hydrogen) atoms. The zero-order chi connectivity index (χ0) is 14.7. The summed E-state index contributed by atoms with van der Waals surface area (Å²) < 4.78 is 0. The quantitative estimate of drug-likeness (QED) is 0.904. The van der Waals surface area contributed by atoms with Gasteiger partial charge in [-0.15, -0.1) is 0 Å². The van der Waals surface area contributed by atoms with Gasteiger partial charge >= 0.3 is 5.97 Å². The predicted molar refractivity (Wildman–Crippen MR) is 79.3 cm³/mol. The zero-order valence-corrected chi connectivity index (χ0v) is 11.6. The largest absolute Gasteiger partial charge is 0.478 e. The summed E-state index contributed by atoms with van der Waals surface area (Å²) in [5.41, 5.74) is 2.95. The fourth-order valence-corrected chi connectivity index (χ4v) is 2.60. The van der Waals surface area contributed by atoms with Crippen molar-refractivity contribution in [1.82, 2.24) is 15.3 Å². The van der Waals surface area contributed by atoms with Crippen LogP contribution in [0.2, 0.25) is 0 Å². The molecule has 2 aromatic rings. The van der Waals surface area contributed by atoms with E-state index >= 15 is 0 Å². The smallest absolute Gasteiger partial charge is 0.335 e. The van der Waals surface area contributed by atoms with Gasteiger partial charge in [0.1, 0.15) is 0 Å². The summed E-state index contributed by atoms with van der Waals surface area (Å²) in [6, 6.07) is 6.73. The first-order valence-electron chi connectivity index (χ1n) is 7.10. The molecule has 108 valence electrons. The lowest BCUT2D eigenvalue weighted by Crippen LogP contribution is -2.28. The molecule has 0 radical (unpaired) electrons. The molecule has 0 spiro atoms. The van der Waals surface area contributed by atoms with E-state index in [0.717, 1.165) is 42.9 Å². The summed E-state index contributed by atoms with van der Waals surface area (Å²) >= 11 is 0. The molecule has 0 bridgehead atoms. The van der Waals surface area contributed by atoms with Crippen molar-refractivity contribution in [3.8, 4) is 11.3 Å². The van der Waals surface area contributed by atoms with Gasteiger partial charge in [0, 0.05) is 24.2 Å². The molecule has 0 saturated carbocycles. The standard InChI is InChI=1S/C16H17N3O2/c20-16(21)12-5-3-11(4-6-12)14-9-18-10-15(19-14)13-2-1-7-17-8-13/h3-6,9-10,13,17H,1-2,7-8H2,(H,20,21)/t13-/m1/s1. The van der Waals surface area contributed by atoms with Crippen LogP contribution in [0, 0.1) is 0 Å². The highest BCUT2D eigenvalue weighted by Crippen LogP contribution is 2.24. The minimum atomic E-state index is -0.922. The third-order valence-electron chi connectivity index (χ3n) is 3.80. The van der Waals surface area contributed by atoms with E-state index in [2.05, 4.69) is 10.3 Å². The Morgan fingerprint density at radius 3 is 2.71 bits per heavy atom. The number of aromatic nitrogens is 2. The highest BCUT2D eigenvalue weighted by Gasteiger charge is 2.17.